The minimum atomic E-state index is -0.521. The standard InChI is InChI=1S/C12H18N4O3/c1-8-3-2-4-15(11(8)6-13)12(17)10-5-9(7-14-10)16(18)19/h5,7-8,11,14H,2-4,6,13H2,1H3. The van der Waals surface area contributed by atoms with Gasteiger partial charge in [-0.2, -0.15) is 0 Å². The average Bonchev–Trinajstić information content (AvgIpc) is 2.87. The molecule has 0 radical (unpaired) electrons. The molecule has 104 valence electrons. The maximum Gasteiger partial charge on any atom is 0.287 e. The van der Waals surface area contributed by atoms with Gasteiger partial charge in [-0.1, -0.05) is 6.92 Å². The molecule has 1 aliphatic rings. The first-order valence-corrected chi connectivity index (χ1v) is 6.38. The Balaban J connectivity index is 2.19. The molecule has 3 N–H and O–H groups in total. The molecule has 1 saturated heterocycles. The highest BCUT2D eigenvalue weighted by atomic mass is 16.6. The van der Waals surface area contributed by atoms with Crippen molar-refractivity contribution in [1.82, 2.24) is 9.88 Å². The van der Waals surface area contributed by atoms with E-state index in [1.165, 1.54) is 12.3 Å². The molecule has 1 amide bonds. The Labute approximate surface area is 110 Å². The number of H-pyrrole nitrogens is 1. The van der Waals surface area contributed by atoms with Gasteiger partial charge in [-0.25, -0.2) is 0 Å². The number of hydrogen-bond acceptors (Lipinski definition) is 4. The Morgan fingerprint density at radius 2 is 2.42 bits per heavy atom. The van der Waals surface area contributed by atoms with Crippen LogP contribution in [0.5, 0.6) is 0 Å². The predicted molar refractivity (Wildman–Crippen MR) is 69.7 cm³/mol. The largest absolute Gasteiger partial charge is 0.351 e. The summed E-state index contributed by atoms with van der Waals surface area (Å²) < 4.78 is 0. The number of nitrogens with two attached hydrogens (primary N) is 1. The first kappa shape index (κ1) is 13.5. The predicted octanol–water partition coefficient (Wildman–Crippen LogP) is 1.12. The highest BCUT2D eigenvalue weighted by Gasteiger charge is 2.32. The van der Waals surface area contributed by atoms with E-state index in [9.17, 15) is 14.9 Å². The summed E-state index contributed by atoms with van der Waals surface area (Å²) in [7, 11) is 0. The molecule has 1 fully saturated rings. The van der Waals surface area contributed by atoms with Crippen LogP contribution in [-0.4, -0.2) is 39.8 Å². The van der Waals surface area contributed by atoms with Crippen molar-refractivity contribution in [2.75, 3.05) is 13.1 Å². The van der Waals surface area contributed by atoms with Crippen molar-refractivity contribution in [1.29, 1.82) is 0 Å². The summed E-state index contributed by atoms with van der Waals surface area (Å²) in [5.41, 5.74) is 5.89. The second-order valence-corrected chi connectivity index (χ2v) is 4.95. The van der Waals surface area contributed by atoms with E-state index in [-0.39, 0.29) is 23.3 Å². The monoisotopic (exact) mass is 266 g/mol. The summed E-state index contributed by atoms with van der Waals surface area (Å²) in [5, 5.41) is 10.6. The Kier molecular flexibility index (Phi) is 3.84. The molecule has 0 aromatic carbocycles. The molecule has 1 aliphatic heterocycles. The maximum atomic E-state index is 12.4. The second-order valence-electron chi connectivity index (χ2n) is 4.95. The number of hydrogen-bond donors (Lipinski definition) is 2. The van der Waals surface area contributed by atoms with E-state index in [1.54, 1.807) is 4.90 Å². The molecule has 2 unspecified atom stereocenters. The minimum Gasteiger partial charge on any atom is -0.351 e. The second kappa shape index (κ2) is 5.40. The van der Waals surface area contributed by atoms with Gasteiger partial charge < -0.3 is 15.6 Å². The van der Waals surface area contributed by atoms with E-state index >= 15 is 0 Å². The average molecular weight is 266 g/mol. The Morgan fingerprint density at radius 3 is 3.00 bits per heavy atom. The number of likely N-dealkylation sites (tertiary alicyclic amines) is 1. The summed E-state index contributed by atoms with van der Waals surface area (Å²) >= 11 is 0. The van der Waals surface area contributed by atoms with Gasteiger partial charge in [0.2, 0.25) is 0 Å². The van der Waals surface area contributed by atoms with Crippen molar-refractivity contribution in [3.8, 4) is 0 Å². The molecule has 1 aromatic heterocycles. The minimum absolute atomic E-state index is 0.00334. The third-order valence-electron chi connectivity index (χ3n) is 3.73. The van der Waals surface area contributed by atoms with Gasteiger partial charge in [0.1, 0.15) is 5.69 Å². The number of aromatic amines is 1. The molecule has 2 heterocycles. The zero-order valence-electron chi connectivity index (χ0n) is 10.8. The Bertz CT molecular complexity index is 485. The van der Waals surface area contributed by atoms with Crippen molar-refractivity contribution in [3.63, 3.8) is 0 Å². The highest BCUT2D eigenvalue weighted by molar-refractivity contribution is 5.93. The van der Waals surface area contributed by atoms with Gasteiger partial charge in [-0.15, -0.1) is 0 Å². The number of nitro groups is 1. The van der Waals surface area contributed by atoms with E-state index in [2.05, 4.69) is 11.9 Å². The van der Waals surface area contributed by atoms with Gasteiger partial charge in [0, 0.05) is 25.2 Å². The number of piperidine rings is 1. The molecule has 1 aromatic rings. The van der Waals surface area contributed by atoms with Gasteiger partial charge in [-0.05, 0) is 18.8 Å². The quantitative estimate of drug-likeness (QED) is 0.631. The SMILES string of the molecule is CC1CCCN(C(=O)c2cc([N+](=O)[O-])c[nH]2)C1CN. The maximum absolute atomic E-state index is 12.4. The molecule has 0 spiro atoms. The van der Waals surface area contributed by atoms with Crippen molar-refractivity contribution in [3.05, 3.63) is 28.1 Å². The van der Waals surface area contributed by atoms with Crippen LogP contribution in [-0.2, 0) is 0 Å². The molecule has 0 saturated carbocycles. The van der Waals surface area contributed by atoms with E-state index in [1.807, 2.05) is 0 Å². The van der Waals surface area contributed by atoms with Crippen LogP contribution in [0.1, 0.15) is 30.3 Å². The first-order chi connectivity index (χ1) is 9.04. The molecule has 2 rings (SSSR count). The van der Waals surface area contributed by atoms with Crippen LogP contribution < -0.4 is 5.73 Å². The molecule has 2 atom stereocenters. The number of nitrogens with one attached hydrogen (secondary N) is 1. The van der Waals surface area contributed by atoms with Crippen LogP contribution >= 0.6 is 0 Å². The summed E-state index contributed by atoms with van der Waals surface area (Å²) in [4.78, 5) is 26.9. The summed E-state index contributed by atoms with van der Waals surface area (Å²) in [6.07, 6.45) is 3.22. The third-order valence-corrected chi connectivity index (χ3v) is 3.73. The zero-order chi connectivity index (χ0) is 14.0. The topological polar surface area (TPSA) is 105 Å². The molecule has 7 heteroatoms. The van der Waals surface area contributed by atoms with E-state index in [0.29, 0.717) is 19.0 Å². The van der Waals surface area contributed by atoms with Crippen molar-refractivity contribution in [2.24, 2.45) is 11.7 Å². The number of carbonyl (C=O) groups excluding carboxylic acids is 1. The lowest BCUT2D eigenvalue weighted by atomic mass is 9.90. The fourth-order valence-electron chi connectivity index (χ4n) is 2.63. The van der Waals surface area contributed by atoms with Crippen LogP contribution in [0.25, 0.3) is 0 Å². The Hall–Kier alpha value is -1.89. The molecular weight excluding hydrogens is 248 g/mol. The van der Waals surface area contributed by atoms with Crippen molar-refractivity contribution >= 4 is 11.6 Å². The molecule has 19 heavy (non-hydrogen) atoms. The number of rotatable bonds is 3. The molecule has 7 nitrogen and oxygen atoms in total. The van der Waals surface area contributed by atoms with E-state index in [4.69, 9.17) is 5.73 Å². The van der Waals surface area contributed by atoms with Crippen LogP contribution in [0.2, 0.25) is 0 Å². The molecule has 0 bridgehead atoms. The van der Waals surface area contributed by atoms with Crippen molar-refractivity contribution < 1.29 is 9.72 Å². The first-order valence-electron chi connectivity index (χ1n) is 6.38. The Morgan fingerprint density at radius 1 is 1.68 bits per heavy atom. The molecular formula is C12H18N4O3. The van der Waals surface area contributed by atoms with Gasteiger partial charge in [-0.3, -0.25) is 14.9 Å². The van der Waals surface area contributed by atoms with Crippen molar-refractivity contribution in [2.45, 2.75) is 25.8 Å². The molecule has 0 aliphatic carbocycles. The number of carbonyl (C=O) groups is 1. The lowest BCUT2D eigenvalue weighted by molar-refractivity contribution is -0.384. The fraction of sp³-hybridized carbons (Fsp3) is 0.583. The fourth-order valence-corrected chi connectivity index (χ4v) is 2.63. The van der Waals surface area contributed by atoms with Gasteiger partial charge in [0.15, 0.2) is 0 Å². The number of amides is 1. The van der Waals surface area contributed by atoms with Gasteiger partial charge in [0.05, 0.1) is 11.1 Å². The van der Waals surface area contributed by atoms with Crippen LogP contribution in [0.15, 0.2) is 12.3 Å². The van der Waals surface area contributed by atoms with Gasteiger partial charge in [0.25, 0.3) is 11.6 Å². The smallest absolute Gasteiger partial charge is 0.287 e. The number of nitrogens with zero attached hydrogens (tertiary/aromatic N) is 2. The van der Waals surface area contributed by atoms with Crippen LogP contribution in [0, 0.1) is 16.0 Å². The third kappa shape index (κ3) is 2.60. The van der Waals surface area contributed by atoms with Crippen LogP contribution in [0.4, 0.5) is 5.69 Å². The lowest BCUT2D eigenvalue weighted by Crippen LogP contribution is -2.51. The normalized spacial score (nSPS) is 23.4. The summed E-state index contributed by atoms with van der Waals surface area (Å²) in [6.45, 7) is 3.14. The van der Waals surface area contributed by atoms with E-state index in [0.717, 1.165) is 12.8 Å². The number of aromatic nitrogens is 1. The lowest BCUT2D eigenvalue weighted by Gasteiger charge is -2.39. The van der Waals surface area contributed by atoms with Crippen LogP contribution in [0.3, 0.4) is 0 Å². The summed E-state index contributed by atoms with van der Waals surface area (Å²) in [6, 6.07) is 1.28. The highest BCUT2D eigenvalue weighted by Crippen LogP contribution is 2.25. The van der Waals surface area contributed by atoms with E-state index < -0.39 is 4.92 Å². The van der Waals surface area contributed by atoms with Gasteiger partial charge >= 0.3 is 0 Å². The summed E-state index contributed by atoms with van der Waals surface area (Å²) in [5.74, 6) is 0.141. The zero-order valence-corrected chi connectivity index (χ0v) is 10.8.